The maximum atomic E-state index is 10.8. The molecular weight excluding hydrogens is 156 g/mol. The molecule has 0 N–H and O–H groups in total. The third-order valence-corrected chi connectivity index (χ3v) is 1.21. The van der Waals surface area contributed by atoms with Gasteiger partial charge in [-0.25, -0.2) is 4.79 Å². The summed E-state index contributed by atoms with van der Waals surface area (Å²) in [7, 11) is 0. The molecule has 0 spiro atoms. The van der Waals surface area contributed by atoms with Gasteiger partial charge in [0.1, 0.15) is 0 Å². The molecule has 0 atom stereocenters. The van der Waals surface area contributed by atoms with E-state index in [1.54, 1.807) is 6.92 Å². The third kappa shape index (κ3) is 5.77. The molecule has 0 aliphatic heterocycles. The first kappa shape index (κ1) is 11.0. The van der Waals surface area contributed by atoms with Crippen molar-refractivity contribution >= 4 is 5.97 Å². The molecule has 3 heteroatoms. The molecule has 0 rings (SSSR count). The molecule has 12 heavy (non-hydrogen) atoms. The molecule has 0 fully saturated rings. The molecule has 0 amide bonds. The summed E-state index contributed by atoms with van der Waals surface area (Å²) < 4.78 is 9.76. The second kappa shape index (κ2) is 6.70. The molecule has 0 saturated heterocycles. The molecule has 0 unspecified atom stereocenters. The van der Waals surface area contributed by atoms with Gasteiger partial charge in [0.2, 0.25) is 0 Å². The van der Waals surface area contributed by atoms with Crippen LogP contribution < -0.4 is 0 Å². The average molecular weight is 172 g/mol. The number of rotatable bonds is 5. The first-order valence-corrected chi connectivity index (χ1v) is 4.15. The molecule has 0 aromatic carbocycles. The number of carbonyl (C=O) groups is 1. The first-order chi connectivity index (χ1) is 5.70. The van der Waals surface area contributed by atoms with Gasteiger partial charge in [-0.1, -0.05) is 6.92 Å². The van der Waals surface area contributed by atoms with Crippen molar-refractivity contribution in [1.82, 2.24) is 0 Å². The summed E-state index contributed by atoms with van der Waals surface area (Å²) in [5, 5.41) is 0. The van der Waals surface area contributed by atoms with Crippen LogP contribution in [0.15, 0.2) is 11.8 Å². The fourth-order valence-corrected chi connectivity index (χ4v) is 0.722. The third-order valence-electron chi connectivity index (χ3n) is 1.21. The van der Waals surface area contributed by atoms with Crippen LogP contribution in [0.5, 0.6) is 0 Å². The van der Waals surface area contributed by atoms with Gasteiger partial charge < -0.3 is 9.47 Å². The van der Waals surface area contributed by atoms with Crippen molar-refractivity contribution in [2.45, 2.75) is 27.2 Å². The lowest BCUT2D eigenvalue weighted by Gasteiger charge is -2.04. The van der Waals surface area contributed by atoms with Crippen LogP contribution in [0.3, 0.4) is 0 Å². The SMILES string of the molecule is CC/C=C(\C)OCC(=O)OCC. The minimum Gasteiger partial charge on any atom is -0.487 e. The van der Waals surface area contributed by atoms with Crippen molar-refractivity contribution in [1.29, 1.82) is 0 Å². The number of allylic oxidation sites excluding steroid dienone is 2. The largest absolute Gasteiger partial charge is 0.487 e. The highest BCUT2D eigenvalue weighted by atomic mass is 16.6. The molecule has 0 saturated carbocycles. The average Bonchev–Trinajstić information content (AvgIpc) is 2.02. The predicted molar refractivity (Wildman–Crippen MR) is 46.6 cm³/mol. The Labute approximate surface area is 73.4 Å². The lowest BCUT2D eigenvalue weighted by Crippen LogP contribution is -2.11. The summed E-state index contributed by atoms with van der Waals surface area (Å²) in [6.07, 6.45) is 2.83. The topological polar surface area (TPSA) is 35.5 Å². The van der Waals surface area contributed by atoms with Crippen LogP contribution in [0.4, 0.5) is 0 Å². The van der Waals surface area contributed by atoms with E-state index in [9.17, 15) is 4.79 Å². The van der Waals surface area contributed by atoms with E-state index < -0.39 is 0 Å². The van der Waals surface area contributed by atoms with Gasteiger partial charge in [-0.3, -0.25) is 0 Å². The van der Waals surface area contributed by atoms with E-state index >= 15 is 0 Å². The van der Waals surface area contributed by atoms with Gasteiger partial charge in [0.25, 0.3) is 0 Å². The number of esters is 1. The summed E-state index contributed by atoms with van der Waals surface area (Å²) in [6.45, 7) is 6.02. The second-order valence-electron chi connectivity index (χ2n) is 2.32. The van der Waals surface area contributed by atoms with E-state index in [1.807, 2.05) is 19.9 Å². The Bertz CT molecular complexity index is 161. The first-order valence-electron chi connectivity index (χ1n) is 4.15. The highest BCUT2D eigenvalue weighted by molar-refractivity contribution is 5.70. The van der Waals surface area contributed by atoms with Crippen molar-refractivity contribution in [2.24, 2.45) is 0 Å². The van der Waals surface area contributed by atoms with Crippen LogP contribution in [-0.2, 0) is 14.3 Å². The Kier molecular flexibility index (Phi) is 6.15. The Morgan fingerprint density at radius 3 is 2.50 bits per heavy atom. The fourth-order valence-electron chi connectivity index (χ4n) is 0.722. The molecule has 0 aromatic rings. The van der Waals surface area contributed by atoms with Crippen molar-refractivity contribution in [3.8, 4) is 0 Å². The number of hydrogen-bond acceptors (Lipinski definition) is 3. The maximum Gasteiger partial charge on any atom is 0.344 e. The van der Waals surface area contributed by atoms with E-state index in [0.29, 0.717) is 6.61 Å². The highest BCUT2D eigenvalue weighted by Gasteiger charge is 2.00. The Hall–Kier alpha value is -0.990. The van der Waals surface area contributed by atoms with E-state index in [0.717, 1.165) is 12.2 Å². The van der Waals surface area contributed by atoms with Crippen molar-refractivity contribution < 1.29 is 14.3 Å². The molecule has 70 valence electrons. The molecule has 0 heterocycles. The second-order valence-corrected chi connectivity index (χ2v) is 2.32. The van der Waals surface area contributed by atoms with Crippen LogP contribution in [0.1, 0.15) is 27.2 Å². The minimum atomic E-state index is -0.318. The Morgan fingerprint density at radius 2 is 2.00 bits per heavy atom. The van der Waals surface area contributed by atoms with Crippen LogP contribution in [-0.4, -0.2) is 19.2 Å². The molecule has 0 bridgehead atoms. The maximum absolute atomic E-state index is 10.8. The number of hydrogen-bond donors (Lipinski definition) is 0. The predicted octanol–water partition coefficient (Wildman–Crippen LogP) is 1.88. The molecule has 0 aromatic heterocycles. The van der Waals surface area contributed by atoms with Gasteiger partial charge in [-0.05, 0) is 26.3 Å². The Balaban J connectivity index is 3.53. The van der Waals surface area contributed by atoms with Gasteiger partial charge in [0.15, 0.2) is 6.61 Å². The fraction of sp³-hybridized carbons (Fsp3) is 0.667. The summed E-state index contributed by atoms with van der Waals surface area (Å²) in [6, 6.07) is 0. The van der Waals surface area contributed by atoms with Gasteiger partial charge in [-0.15, -0.1) is 0 Å². The Morgan fingerprint density at radius 1 is 1.33 bits per heavy atom. The standard InChI is InChI=1S/C9H16O3/c1-4-6-8(3)12-7-9(10)11-5-2/h6H,4-5,7H2,1-3H3/b8-6+. The lowest BCUT2D eigenvalue weighted by atomic mass is 10.4. The van der Waals surface area contributed by atoms with Crippen LogP contribution in [0.25, 0.3) is 0 Å². The minimum absolute atomic E-state index is 0.0101. The molecule has 0 radical (unpaired) electrons. The quantitative estimate of drug-likeness (QED) is 0.469. The normalized spacial score (nSPS) is 11.1. The zero-order valence-corrected chi connectivity index (χ0v) is 7.92. The van der Waals surface area contributed by atoms with E-state index in [4.69, 9.17) is 4.74 Å². The summed E-state index contributed by atoms with van der Waals surface area (Å²) in [5.74, 6) is 0.451. The monoisotopic (exact) mass is 172 g/mol. The molecule has 3 nitrogen and oxygen atoms in total. The lowest BCUT2D eigenvalue weighted by molar-refractivity contribution is -0.147. The van der Waals surface area contributed by atoms with E-state index in [-0.39, 0.29) is 12.6 Å². The molecule has 0 aliphatic carbocycles. The van der Waals surface area contributed by atoms with Crippen molar-refractivity contribution in [3.63, 3.8) is 0 Å². The van der Waals surface area contributed by atoms with E-state index in [1.165, 1.54) is 0 Å². The van der Waals surface area contributed by atoms with Crippen molar-refractivity contribution in [3.05, 3.63) is 11.8 Å². The summed E-state index contributed by atoms with van der Waals surface area (Å²) in [5.41, 5.74) is 0. The molecule has 0 aliphatic rings. The van der Waals surface area contributed by atoms with Gasteiger partial charge in [-0.2, -0.15) is 0 Å². The highest BCUT2D eigenvalue weighted by Crippen LogP contribution is 1.97. The zero-order valence-electron chi connectivity index (χ0n) is 7.92. The number of carbonyl (C=O) groups excluding carboxylic acids is 1. The van der Waals surface area contributed by atoms with Gasteiger partial charge in [0.05, 0.1) is 12.4 Å². The smallest absolute Gasteiger partial charge is 0.344 e. The van der Waals surface area contributed by atoms with Gasteiger partial charge in [0, 0.05) is 0 Å². The van der Waals surface area contributed by atoms with Crippen LogP contribution >= 0.6 is 0 Å². The zero-order chi connectivity index (χ0) is 9.40. The van der Waals surface area contributed by atoms with Gasteiger partial charge >= 0.3 is 5.97 Å². The summed E-state index contributed by atoms with van der Waals surface area (Å²) >= 11 is 0. The van der Waals surface area contributed by atoms with Crippen LogP contribution in [0.2, 0.25) is 0 Å². The summed E-state index contributed by atoms with van der Waals surface area (Å²) in [4.78, 5) is 10.8. The van der Waals surface area contributed by atoms with E-state index in [2.05, 4.69) is 4.74 Å². The van der Waals surface area contributed by atoms with Crippen LogP contribution in [0, 0.1) is 0 Å². The van der Waals surface area contributed by atoms with Crippen molar-refractivity contribution in [2.75, 3.05) is 13.2 Å². The number of ether oxygens (including phenoxy) is 2. The molecular formula is C9H16O3.